The van der Waals surface area contributed by atoms with Crippen LogP contribution in [-0.4, -0.2) is 37.8 Å². The van der Waals surface area contributed by atoms with E-state index in [0.29, 0.717) is 21.9 Å². The average Bonchev–Trinajstić information content (AvgIpc) is 3.53. The van der Waals surface area contributed by atoms with Crippen molar-refractivity contribution in [1.82, 2.24) is 5.16 Å². The summed E-state index contributed by atoms with van der Waals surface area (Å²) in [6.07, 6.45) is 0. The second-order valence-electron chi connectivity index (χ2n) is 7.40. The molecule has 4 aromatic rings. The molecule has 0 radical (unpaired) electrons. The van der Waals surface area contributed by atoms with Gasteiger partial charge in [-0.3, -0.25) is 4.79 Å². The Morgan fingerprint density at radius 1 is 1.03 bits per heavy atom. The second-order valence-corrected chi connectivity index (χ2v) is 10.6. The van der Waals surface area contributed by atoms with Crippen LogP contribution in [0.5, 0.6) is 0 Å². The van der Waals surface area contributed by atoms with Crippen molar-refractivity contribution in [3.05, 3.63) is 77.3 Å². The van der Waals surface area contributed by atoms with Gasteiger partial charge < -0.3 is 14.6 Å². The van der Waals surface area contributed by atoms with Gasteiger partial charge in [-0.25, -0.2) is 13.2 Å². The smallest absolute Gasteiger partial charge is 0.341 e. The number of aromatic nitrogens is 1. The number of hydrogen-bond donors (Lipinski definition) is 1. The first-order chi connectivity index (χ1) is 16.8. The summed E-state index contributed by atoms with van der Waals surface area (Å²) in [5.41, 5.74) is 2.33. The Balaban J connectivity index is 1.58. The molecule has 0 unspecified atom stereocenters. The van der Waals surface area contributed by atoms with Gasteiger partial charge in [0.25, 0.3) is 5.91 Å². The topological polar surface area (TPSA) is 116 Å². The molecule has 0 aliphatic heterocycles. The molecule has 0 atom stereocenters. The van der Waals surface area contributed by atoms with Gasteiger partial charge in [-0.15, -0.1) is 11.3 Å². The predicted molar refractivity (Wildman–Crippen MR) is 133 cm³/mol. The maximum atomic E-state index is 12.9. The number of sulfone groups is 1. The summed E-state index contributed by atoms with van der Waals surface area (Å²) in [7, 11) is -3.32. The molecule has 0 aliphatic rings. The van der Waals surface area contributed by atoms with Crippen molar-refractivity contribution in [3.8, 4) is 22.5 Å². The lowest BCUT2D eigenvalue weighted by molar-refractivity contribution is 0.0529. The van der Waals surface area contributed by atoms with Crippen LogP contribution in [0.3, 0.4) is 0 Å². The highest BCUT2D eigenvalue weighted by molar-refractivity contribution is 7.91. The van der Waals surface area contributed by atoms with Gasteiger partial charge in [-0.2, -0.15) is 0 Å². The third kappa shape index (κ3) is 5.18. The normalized spacial score (nSPS) is 11.3. The molecule has 0 saturated heterocycles. The molecular weight excluding hydrogens is 488 g/mol. The molecule has 180 valence electrons. The number of nitrogens with zero attached hydrogens (tertiary/aromatic N) is 1. The van der Waals surface area contributed by atoms with E-state index in [4.69, 9.17) is 9.26 Å². The molecular formula is C25H22N2O6S2. The van der Waals surface area contributed by atoms with E-state index >= 15 is 0 Å². The molecule has 35 heavy (non-hydrogen) atoms. The maximum absolute atomic E-state index is 12.9. The van der Waals surface area contributed by atoms with Gasteiger partial charge in [0.05, 0.1) is 17.3 Å². The zero-order chi connectivity index (χ0) is 25.0. The van der Waals surface area contributed by atoms with Crippen LogP contribution in [0.2, 0.25) is 0 Å². The van der Waals surface area contributed by atoms with Crippen molar-refractivity contribution < 1.29 is 27.3 Å². The Bertz CT molecular complexity index is 1460. The number of ether oxygens (including phenoxy) is 1. The minimum Gasteiger partial charge on any atom is -0.462 e. The van der Waals surface area contributed by atoms with Crippen LogP contribution in [0.1, 0.15) is 34.7 Å². The molecule has 2 aromatic carbocycles. The number of esters is 1. The Kier molecular flexibility index (Phi) is 7.13. The zero-order valence-electron chi connectivity index (χ0n) is 19.0. The number of anilines is 1. The van der Waals surface area contributed by atoms with Crippen LogP contribution in [0.15, 0.2) is 75.5 Å². The first-order valence-electron chi connectivity index (χ1n) is 10.8. The third-order valence-corrected chi connectivity index (χ3v) is 7.85. The highest BCUT2D eigenvalue weighted by atomic mass is 32.2. The molecule has 0 aliphatic carbocycles. The van der Waals surface area contributed by atoms with Gasteiger partial charge in [-0.05, 0) is 36.8 Å². The SMILES string of the molecule is CCOC(=O)c1c(-c2ccccc2)csc1NC(=O)c1cc(-c2ccc(S(=O)(=O)CC)cc2)on1. The number of hydrogen-bond acceptors (Lipinski definition) is 8. The molecule has 10 heteroatoms. The highest BCUT2D eigenvalue weighted by Crippen LogP contribution is 2.36. The van der Waals surface area contributed by atoms with Crippen LogP contribution in [0.4, 0.5) is 5.00 Å². The van der Waals surface area contributed by atoms with Gasteiger partial charge in [-0.1, -0.05) is 42.4 Å². The summed E-state index contributed by atoms with van der Waals surface area (Å²) < 4.78 is 34.5. The molecule has 0 saturated carbocycles. The zero-order valence-corrected chi connectivity index (χ0v) is 20.6. The largest absolute Gasteiger partial charge is 0.462 e. The summed E-state index contributed by atoms with van der Waals surface area (Å²) in [5.74, 6) is -0.790. The van der Waals surface area contributed by atoms with Crippen molar-refractivity contribution in [2.24, 2.45) is 0 Å². The summed E-state index contributed by atoms with van der Waals surface area (Å²) in [6, 6.07) is 17.0. The van der Waals surface area contributed by atoms with E-state index in [1.807, 2.05) is 30.3 Å². The Morgan fingerprint density at radius 2 is 1.74 bits per heavy atom. The van der Waals surface area contributed by atoms with Crippen LogP contribution in [0.25, 0.3) is 22.5 Å². The fourth-order valence-electron chi connectivity index (χ4n) is 3.36. The van der Waals surface area contributed by atoms with E-state index in [9.17, 15) is 18.0 Å². The second kappa shape index (κ2) is 10.2. The van der Waals surface area contributed by atoms with E-state index < -0.39 is 21.7 Å². The van der Waals surface area contributed by atoms with Gasteiger partial charge in [0.1, 0.15) is 10.6 Å². The number of carbonyl (C=O) groups excluding carboxylic acids is 2. The lowest BCUT2D eigenvalue weighted by atomic mass is 10.0. The Hall–Kier alpha value is -3.76. The van der Waals surface area contributed by atoms with Crippen molar-refractivity contribution in [2.45, 2.75) is 18.7 Å². The highest BCUT2D eigenvalue weighted by Gasteiger charge is 2.24. The first kappa shape index (κ1) is 24.4. The third-order valence-electron chi connectivity index (χ3n) is 5.20. The number of nitrogens with one attached hydrogen (secondary N) is 1. The van der Waals surface area contributed by atoms with Gasteiger partial charge in [0.2, 0.25) is 0 Å². The molecule has 4 rings (SSSR count). The first-order valence-corrected chi connectivity index (χ1v) is 13.3. The van der Waals surface area contributed by atoms with E-state index in [2.05, 4.69) is 10.5 Å². The average molecular weight is 511 g/mol. The lowest BCUT2D eigenvalue weighted by Gasteiger charge is -2.08. The predicted octanol–water partition coefficient (Wildman–Crippen LogP) is 5.29. The lowest BCUT2D eigenvalue weighted by Crippen LogP contribution is -2.15. The van der Waals surface area contributed by atoms with E-state index in [0.717, 1.165) is 5.56 Å². The molecule has 1 amide bonds. The van der Waals surface area contributed by atoms with Crippen molar-refractivity contribution in [3.63, 3.8) is 0 Å². The Morgan fingerprint density at radius 3 is 2.40 bits per heavy atom. The monoisotopic (exact) mass is 510 g/mol. The van der Waals surface area contributed by atoms with Crippen molar-refractivity contribution in [2.75, 3.05) is 17.7 Å². The van der Waals surface area contributed by atoms with Gasteiger partial charge >= 0.3 is 5.97 Å². The van der Waals surface area contributed by atoms with E-state index in [1.54, 1.807) is 31.4 Å². The van der Waals surface area contributed by atoms with Crippen LogP contribution < -0.4 is 5.32 Å². The van der Waals surface area contributed by atoms with Crippen molar-refractivity contribution in [1.29, 1.82) is 0 Å². The maximum Gasteiger partial charge on any atom is 0.341 e. The van der Waals surface area contributed by atoms with Gasteiger partial charge in [0.15, 0.2) is 21.3 Å². The minimum atomic E-state index is -3.32. The van der Waals surface area contributed by atoms with Crippen LogP contribution in [0, 0.1) is 0 Å². The summed E-state index contributed by atoms with van der Waals surface area (Å²) in [6.45, 7) is 3.49. The van der Waals surface area contributed by atoms with Crippen molar-refractivity contribution >= 4 is 38.1 Å². The van der Waals surface area contributed by atoms with E-state index in [-0.39, 0.29) is 28.5 Å². The van der Waals surface area contributed by atoms with Crippen LogP contribution >= 0.6 is 11.3 Å². The van der Waals surface area contributed by atoms with Crippen LogP contribution in [-0.2, 0) is 14.6 Å². The molecule has 0 bridgehead atoms. The number of thiophene rings is 1. The number of carbonyl (C=O) groups is 2. The molecule has 1 N–H and O–H groups in total. The van der Waals surface area contributed by atoms with Gasteiger partial charge in [0, 0.05) is 22.6 Å². The fraction of sp³-hybridized carbons (Fsp3) is 0.160. The summed E-state index contributed by atoms with van der Waals surface area (Å²) in [5, 5.41) is 8.70. The summed E-state index contributed by atoms with van der Waals surface area (Å²) in [4.78, 5) is 25.8. The van der Waals surface area contributed by atoms with E-state index in [1.165, 1.54) is 29.5 Å². The number of benzene rings is 2. The molecule has 2 aromatic heterocycles. The molecule has 0 fully saturated rings. The molecule has 2 heterocycles. The molecule has 8 nitrogen and oxygen atoms in total. The number of amides is 1. The fourth-order valence-corrected chi connectivity index (χ4v) is 5.20. The minimum absolute atomic E-state index is 0.00146. The Labute approximate surface area is 206 Å². The standard InChI is InChI=1S/C25H22N2O6S2/c1-3-32-25(29)22-19(16-8-6-5-7-9-16)15-34-24(22)26-23(28)20-14-21(33-27-20)17-10-12-18(13-11-17)35(30,31)4-2/h5-15H,3-4H2,1-2H3,(H,26,28). The quantitative estimate of drug-likeness (QED) is 0.320. The number of rotatable bonds is 8. The summed E-state index contributed by atoms with van der Waals surface area (Å²) >= 11 is 1.21. The molecule has 0 spiro atoms.